The number of carbonyl (C=O) groups is 2. The number of aromatic nitrogens is 2. The van der Waals surface area contributed by atoms with E-state index < -0.39 is 0 Å². The first-order chi connectivity index (χ1) is 9.63. The minimum absolute atomic E-state index is 0.0945. The maximum atomic E-state index is 12.0. The molecule has 2 aromatic heterocycles. The summed E-state index contributed by atoms with van der Waals surface area (Å²) in [6.07, 6.45) is 1.77. The first-order valence-electron chi connectivity index (χ1n) is 6.18. The number of nitrogen functional groups attached to an aromatic ring is 1. The molecule has 0 aromatic carbocycles. The fraction of sp³-hybridized carbons (Fsp3) is 0.333. The van der Waals surface area contributed by atoms with Gasteiger partial charge in [-0.05, 0) is 13.0 Å². The topological polar surface area (TPSA) is 110 Å². The van der Waals surface area contributed by atoms with Crippen molar-refractivity contribution in [3.8, 4) is 0 Å². The van der Waals surface area contributed by atoms with Gasteiger partial charge in [-0.3, -0.25) is 9.59 Å². The molecule has 0 unspecified atom stereocenters. The number of amides is 2. The zero-order valence-electron chi connectivity index (χ0n) is 11.0. The minimum atomic E-state index is -0.296. The average molecular weight is 293 g/mol. The third-order valence-corrected chi connectivity index (χ3v) is 3.74. The van der Waals surface area contributed by atoms with Crippen LogP contribution in [0.25, 0.3) is 10.2 Å². The van der Waals surface area contributed by atoms with Crippen molar-refractivity contribution in [2.24, 2.45) is 0 Å². The zero-order chi connectivity index (χ0) is 14.5. The Kier molecular flexibility index (Phi) is 4.46. The Morgan fingerprint density at radius 1 is 1.40 bits per heavy atom. The lowest BCUT2D eigenvalue weighted by atomic mass is 10.3. The van der Waals surface area contributed by atoms with Crippen LogP contribution in [0.1, 0.15) is 23.0 Å². The second-order valence-electron chi connectivity index (χ2n) is 4.05. The van der Waals surface area contributed by atoms with E-state index in [9.17, 15) is 9.59 Å². The molecule has 0 spiro atoms. The quantitative estimate of drug-likeness (QED) is 0.745. The molecule has 2 heterocycles. The molecule has 0 aliphatic rings. The fourth-order valence-corrected chi connectivity index (χ4v) is 2.65. The smallest absolute Gasteiger partial charge is 0.263 e. The Balaban J connectivity index is 2.01. The van der Waals surface area contributed by atoms with E-state index in [1.54, 1.807) is 6.07 Å². The van der Waals surface area contributed by atoms with E-state index in [-0.39, 0.29) is 24.8 Å². The average Bonchev–Trinajstić information content (AvgIpc) is 2.77. The normalized spacial score (nSPS) is 10.4. The van der Waals surface area contributed by atoms with E-state index in [0.29, 0.717) is 21.9 Å². The van der Waals surface area contributed by atoms with Crippen LogP contribution < -0.4 is 16.4 Å². The summed E-state index contributed by atoms with van der Waals surface area (Å²) < 4.78 is 0. The summed E-state index contributed by atoms with van der Waals surface area (Å²) in [7, 11) is 0. The minimum Gasteiger partial charge on any atom is -0.397 e. The molecular formula is C12H15N5O2S. The van der Waals surface area contributed by atoms with E-state index in [2.05, 4.69) is 20.8 Å². The predicted molar refractivity (Wildman–Crippen MR) is 77.5 cm³/mol. The van der Waals surface area contributed by atoms with E-state index in [4.69, 9.17) is 5.73 Å². The molecule has 2 aromatic rings. The molecule has 0 atom stereocenters. The van der Waals surface area contributed by atoms with Crippen LogP contribution in [-0.4, -0.2) is 35.1 Å². The largest absolute Gasteiger partial charge is 0.397 e. The lowest BCUT2D eigenvalue weighted by Gasteiger charge is -2.04. The molecule has 0 aliphatic carbocycles. The Morgan fingerprint density at radius 3 is 2.90 bits per heavy atom. The van der Waals surface area contributed by atoms with Gasteiger partial charge >= 0.3 is 0 Å². The highest BCUT2D eigenvalue weighted by Crippen LogP contribution is 2.31. The van der Waals surface area contributed by atoms with Gasteiger partial charge in [-0.2, -0.15) is 5.10 Å². The highest BCUT2D eigenvalue weighted by Gasteiger charge is 2.17. The molecule has 4 N–H and O–H groups in total. The Morgan fingerprint density at radius 2 is 2.20 bits per heavy atom. The van der Waals surface area contributed by atoms with Gasteiger partial charge < -0.3 is 16.4 Å². The van der Waals surface area contributed by atoms with Crippen molar-refractivity contribution < 1.29 is 9.59 Å². The van der Waals surface area contributed by atoms with Gasteiger partial charge in [0, 0.05) is 24.9 Å². The van der Waals surface area contributed by atoms with Crippen molar-refractivity contribution in [1.29, 1.82) is 0 Å². The number of nitrogens with zero attached hydrogens (tertiary/aromatic N) is 2. The van der Waals surface area contributed by atoms with Crippen LogP contribution in [0, 0.1) is 0 Å². The van der Waals surface area contributed by atoms with Crippen molar-refractivity contribution in [1.82, 2.24) is 20.8 Å². The number of nitrogens with two attached hydrogens (primary N) is 1. The molecule has 8 heteroatoms. The molecule has 106 valence electrons. The first-order valence-corrected chi connectivity index (χ1v) is 6.99. The summed E-state index contributed by atoms with van der Waals surface area (Å²) in [6, 6.07) is 1.72. The summed E-state index contributed by atoms with van der Waals surface area (Å²) >= 11 is 1.19. The summed E-state index contributed by atoms with van der Waals surface area (Å²) in [4.78, 5) is 24.3. The summed E-state index contributed by atoms with van der Waals surface area (Å²) in [5.74, 6) is -0.391. The molecule has 7 nitrogen and oxygen atoms in total. The Labute approximate surface area is 119 Å². The predicted octanol–water partition coefficient (Wildman–Crippen LogP) is 0.529. The van der Waals surface area contributed by atoms with Crippen LogP contribution in [0.5, 0.6) is 0 Å². The summed E-state index contributed by atoms with van der Waals surface area (Å²) in [6.45, 7) is 2.69. The van der Waals surface area contributed by atoms with E-state index in [1.165, 1.54) is 17.5 Å². The monoisotopic (exact) mass is 293 g/mol. The SMILES string of the molecule is CCNC(=O)CCNC(=O)c1sc2nnccc2c1N. The Hall–Kier alpha value is -2.22. The number of hydrogen-bond acceptors (Lipinski definition) is 6. The number of hydrogen-bond donors (Lipinski definition) is 3. The summed E-state index contributed by atoms with van der Waals surface area (Å²) in [5.41, 5.74) is 6.32. The third kappa shape index (κ3) is 3.02. The standard InChI is InChI=1S/C12H15N5O2S/c1-2-14-8(18)4-5-15-11(19)10-9(13)7-3-6-16-17-12(7)20-10/h3,6H,2,4-5,13H2,1H3,(H,14,18)(H,15,19). The highest BCUT2D eigenvalue weighted by atomic mass is 32.1. The fourth-order valence-electron chi connectivity index (χ4n) is 1.70. The second-order valence-corrected chi connectivity index (χ2v) is 5.05. The maximum Gasteiger partial charge on any atom is 0.263 e. The lowest BCUT2D eigenvalue weighted by molar-refractivity contribution is -0.120. The van der Waals surface area contributed by atoms with Crippen LogP contribution in [0.2, 0.25) is 0 Å². The Bertz CT molecular complexity index is 640. The van der Waals surface area contributed by atoms with E-state index in [0.717, 1.165) is 5.39 Å². The van der Waals surface area contributed by atoms with Gasteiger partial charge in [0.15, 0.2) is 0 Å². The maximum absolute atomic E-state index is 12.0. The number of fused-ring (bicyclic) bond motifs is 1. The molecule has 0 bridgehead atoms. The number of rotatable bonds is 5. The van der Waals surface area contributed by atoms with Gasteiger partial charge in [-0.15, -0.1) is 16.4 Å². The number of anilines is 1. The molecule has 0 saturated heterocycles. The molecule has 2 amide bonds. The van der Waals surface area contributed by atoms with Gasteiger partial charge in [0.2, 0.25) is 5.91 Å². The molecule has 0 saturated carbocycles. The van der Waals surface area contributed by atoms with Gasteiger partial charge in [-0.1, -0.05) is 0 Å². The highest BCUT2D eigenvalue weighted by molar-refractivity contribution is 7.21. The van der Waals surface area contributed by atoms with E-state index in [1.807, 2.05) is 6.92 Å². The van der Waals surface area contributed by atoms with Crippen LogP contribution in [0.15, 0.2) is 12.3 Å². The molecule has 0 fully saturated rings. The van der Waals surface area contributed by atoms with Gasteiger partial charge in [0.25, 0.3) is 5.91 Å². The number of carbonyl (C=O) groups excluding carboxylic acids is 2. The van der Waals surface area contributed by atoms with Gasteiger partial charge in [-0.25, -0.2) is 0 Å². The molecule has 2 rings (SSSR count). The lowest BCUT2D eigenvalue weighted by Crippen LogP contribution is -2.30. The summed E-state index contributed by atoms with van der Waals surface area (Å²) in [5, 5.41) is 13.7. The van der Waals surface area contributed by atoms with Crippen LogP contribution in [0.3, 0.4) is 0 Å². The number of nitrogens with one attached hydrogen (secondary N) is 2. The molecule has 0 radical (unpaired) electrons. The molecule has 20 heavy (non-hydrogen) atoms. The van der Waals surface area contributed by atoms with E-state index >= 15 is 0 Å². The number of thiophene rings is 1. The van der Waals surface area contributed by atoms with Crippen molar-refractivity contribution in [3.05, 3.63) is 17.1 Å². The van der Waals surface area contributed by atoms with Crippen molar-refractivity contribution in [3.63, 3.8) is 0 Å². The van der Waals surface area contributed by atoms with Crippen molar-refractivity contribution >= 4 is 39.1 Å². The first kappa shape index (κ1) is 14.2. The van der Waals surface area contributed by atoms with Crippen LogP contribution in [-0.2, 0) is 4.79 Å². The third-order valence-electron chi connectivity index (χ3n) is 2.64. The zero-order valence-corrected chi connectivity index (χ0v) is 11.8. The van der Waals surface area contributed by atoms with Crippen molar-refractivity contribution in [2.75, 3.05) is 18.8 Å². The molecule has 0 aliphatic heterocycles. The van der Waals surface area contributed by atoms with Gasteiger partial charge in [0.05, 0.1) is 11.9 Å². The van der Waals surface area contributed by atoms with Gasteiger partial charge in [0.1, 0.15) is 9.71 Å². The molecular weight excluding hydrogens is 278 g/mol. The van der Waals surface area contributed by atoms with Crippen molar-refractivity contribution in [2.45, 2.75) is 13.3 Å². The van der Waals surface area contributed by atoms with Crippen LogP contribution >= 0.6 is 11.3 Å². The van der Waals surface area contributed by atoms with Crippen LogP contribution in [0.4, 0.5) is 5.69 Å². The second kappa shape index (κ2) is 6.29.